The molecule has 21 heavy (non-hydrogen) atoms. The number of hydrogen-bond donors (Lipinski definition) is 3. The van der Waals surface area contributed by atoms with Crippen LogP contribution in [0.4, 0.5) is 10.2 Å². The van der Waals surface area contributed by atoms with Crippen LogP contribution in [0.3, 0.4) is 0 Å². The minimum atomic E-state index is -0.493. The summed E-state index contributed by atoms with van der Waals surface area (Å²) in [7, 11) is 0. The molecule has 0 amide bonds. The largest absolute Gasteiger partial charge is 0.508 e. The number of phenols is 1. The fourth-order valence-corrected chi connectivity index (χ4v) is 2.67. The highest BCUT2D eigenvalue weighted by Crippen LogP contribution is 2.36. The van der Waals surface area contributed by atoms with Gasteiger partial charge in [-0.15, -0.1) is 0 Å². The predicted molar refractivity (Wildman–Crippen MR) is 79.6 cm³/mol. The van der Waals surface area contributed by atoms with Gasteiger partial charge < -0.3 is 10.8 Å². The van der Waals surface area contributed by atoms with Gasteiger partial charge in [-0.1, -0.05) is 0 Å². The molecule has 0 radical (unpaired) electrons. The van der Waals surface area contributed by atoms with Gasteiger partial charge in [0.1, 0.15) is 17.4 Å². The average Bonchev–Trinajstić information content (AvgIpc) is 2.77. The molecule has 3 rings (SSSR count). The number of aromatic nitrogens is 3. The van der Waals surface area contributed by atoms with E-state index in [1.807, 2.05) is 6.92 Å². The zero-order valence-electron chi connectivity index (χ0n) is 12.0. The summed E-state index contributed by atoms with van der Waals surface area (Å²) >= 11 is 0. The minimum absolute atomic E-state index is 0.0663. The lowest BCUT2D eigenvalue weighted by Gasteiger charge is -2.13. The number of anilines is 1. The minimum Gasteiger partial charge on any atom is -0.508 e. The number of rotatable bonds is 1. The number of hydrogen-bond acceptors (Lipinski definition) is 4. The monoisotopic (exact) mass is 286 g/mol. The molecular formula is C15H15FN4O. The molecule has 108 valence electrons. The predicted octanol–water partition coefficient (Wildman–Crippen LogP) is 2.98. The Morgan fingerprint density at radius 1 is 1.24 bits per heavy atom. The van der Waals surface area contributed by atoms with E-state index < -0.39 is 5.82 Å². The number of aromatic amines is 1. The third-order valence-electron chi connectivity index (χ3n) is 3.72. The van der Waals surface area contributed by atoms with E-state index in [0.29, 0.717) is 39.2 Å². The molecule has 2 heterocycles. The summed E-state index contributed by atoms with van der Waals surface area (Å²) in [4.78, 5) is 4.38. The SMILES string of the molecule is Cc1cc(-c2c(C)nc3n[nH]c(N)c3c2C)c(F)cc1O. The van der Waals surface area contributed by atoms with Gasteiger partial charge in [-0.25, -0.2) is 9.37 Å². The highest BCUT2D eigenvalue weighted by atomic mass is 19.1. The van der Waals surface area contributed by atoms with Gasteiger partial charge in [-0.3, -0.25) is 5.10 Å². The second kappa shape index (κ2) is 4.44. The van der Waals surface area contributed by atoms with Crippen LogP contribution >= 0.6 is 0 Å². The van der Waals surface area contributed by atoms with Crippen LogP contribution in [0.1, 0.15) is 16.8 Å². The molecule has 0 saturated carbocycles. The van der Waals surface area contributed by atoms with E-state index >= 15 is 0 Å². The first-order valence-electron chi connectivity index (χ1n) is 6.50. The van der Waals surface area contributed by atoms with Gasteiger partial charge in [0.25, 0.3) is 0 Å². The molecule has 2 aromatic heterocycles. The summed E-state index contributed by atoms with van der Waals surface area (Å²) in [5.74, 6) is -0.150. The second-order valence-electron chi connectivity index (χ2n) is 5.15. The van der Waals surface area contributed by atoms with Crippen molar-refractivity contribution < 1.29 is 9.50 Å². The number of benzene rings is 1. The first kappa shape index (κ1) is 13.4. The van der Waals surface area contributed by atoms with Crippen LogP contribution in [0.2, 0.25) is 0 Å². The van der Waals surface area contributed by atoms with Crippen molar-refractivity contribution in [2.24, 2.45) is 0 Å². The standard InChI is InChI=1S/C15H15FN4O/c1-6-4-9(10(16)5-11(6)21)12-7(2)13-14(17)19-20-15(13)18-8(12)3/h4-5,21H,1-3H3,(H3,17,18,19,20). The Bertz CT molecular complexity index is 870. The van der Waals surface area contributed by atoms with Gasteiger partial charge in [-0.05, 0) is 38.0 Å². The first-order chi connectivity index (χ1) is 9.90. The van der Waals surface area contributed by atoms with Crippen LogP contribution in [0.5, 0.6) is 5.75 Å². The molecule has 0 atom stereocenters. The topological polar surface area (TPSA) is 87.8 Å². The number of nitrogens with two attached hydrogens (primary N) is 1. The van der Waals surface area contributed by atoms with Crippen LogP contribution < -0.4 is 5.73 Å². The summed E-state index contributed by atoms with van der Waals surface area (Å²) < 4.78 is 14.3. The summed E-state index contributed by atoms with van der Waals surface area (Å²) in [5.41, 5.74) is 9.54. The number of H-pyrrole nitrogens is 1. The number of aromatic hydroxyl groups is 1. The van der Waals surface area contributed by atoms with Gasteiger partial charge >= 0.3 is 0 Å². The molecule has 0 aliphatic heterocycles. The molecular weight excluding hydrogens is 271 g/mol. The highest BCUT2D eigenvalue weighted by molar-refractivity contribution is 5.94. The number of aryl methyl sites for hydroxylation is 3. The molecule has 0 aliphatic carbocycles. The van der Waals surface area contributed by atoms with E-state index in [4.69, 9.17) is 5.73 Å². The van der Waals surface area contributed by atoms with E-state index in [1.54, 1.807) is 19.9 Å². The van der Waals surface area contributed by atoms with E-state index in [-0.39, 0.29) is 5.75 Å². The lowest BCUT2D eigenvalue weighted by atomic mass is 9.95. The van der Waals surface area contributed by atoms with Crippen molar-refractivity contribution in [3.8, 4) is 16.9 Å². The van der Waals surface area contributed by atoms with Crippen molar-refractivity contribution in [3.63, 3.8) is 0 Å². The van der Waals surface area contributed by atoms with Crippen molar-refractivity contribution in [2.75, 3.05) is 5.73 Å². The van der Waals surface area contributed by atoms with E-state index in [1.165, 1.54) is 0 Å². The third-order valence-corrected chi connectivity index (χ3v) is 3.72. The Morgan fingerprint density at radius 3 is 2.67 bits per heavy atom. The maximum atomic E-state index is 14.3. The van der Waals surface area contributed by atoms with Gasteiger partial charge in [-0.2, -0.15) is 5.10 Å². The van der Waals surface area contributed by atoms with Crippen molar-refractivity contribution in [3.05, 3.63) is 34.8 Å². The molecule has 0 fully saturated rings. The molecule has 0 aliphatic rings. The van der Waals surface area contributed by atoms with Gasteiger partial charge in [0, 0.05) is 22.9 Å². The normalized spacial score (nSPS) is 11.2. The lowest BCUT2D eigenvalue weighted by Crippen LogP contribution is -1.97. The maximum absolute atomic E-state index is 14.3. The third kappa shape index (κ3) is 1.91. The van der Waals surface area contributed by atoms with Gasteiger partial charge in [0.2, 0.25) is 0 Å². The molecule has 6 heteroatoms. The molecule has 5 nitrogen and oxygen atoms in total. The lowest BCUT2D eigenvalue weighted by molar-refractivity contribution is 0.465. The molecule has 1 aromatic carbocycles. The first-order valence-corrected chi connectivity index (χ1v) is 6.50. The number of nitrogens with one attached hydrogen (secondary N) is 1. The van der Waals surface area contributed by atoms with Crippen molar-refractivity contribution in [1.29, 1.82) is 0 Å². The molecule has 0 bridgehead atoms. The van der Waals surface area contributed by atoms with Crippen LogP contribution in [-0.2, 0) is 0 Å². The number of phenolic OH excluding ortho intramolecular Hbond substituents is 1. The molecule has 0 saturated heterocycles. The number of pyridine rings is 1. The fraction of sp³-hybridized carbons (Fsp3) is 0.200. The van der Waals surface area contributed by atoms with E-state index in [0.717, 1.165) is 11.6 Å². The van der Waals surface area contributed by atoms with Crippen molar-refractivity contribution >= 4 is 16.9 Å². The molecule has 3 aromatic rings. The smallest absolute Gasteiger partial charge is 0.183 e. The van der Waals surface area contributed by atoms with E-state index in [9.17, 15) is 9.50 Å². The molecule has 0 spiro atoms. The number of fused-ring (bicyclic) bond motifs is 1. The van der Waals surface area contributed by atoms with Gasteiger partial charge in [0.15, 0.2) is 5.65 Å². The Kier molecular flexibility index (Phi) is 2.83. The summed E-state index contributed by atoms with van der Waals surface area (Å²) in [6.45, 7) is 5.38. The van der Waals surface area contributed by atoms with Crippen LogP contribution in [0.15, 0.2) is 12.1 Å². The zero-order valence-corrected chi connectivity index (χ0v) is 12.0. The maximum Gasteiger partial charge on any atom is 0.183 e. The Morgan fingerprint density at radius 2 is 1.95 bits per heavy atom. The Balaban J connectivity index is 2.40. The molecule has 4 N–H and O–H groups in total. The highest BCUT2D eigenvalue weighted by Gasteiger charge is 2.18. The van der Waals surface area contributed by atoms with Crippen molar-refractivity contribution in [1.82, 2.24) is 15.2 Å². The van der Waals surface area contributed by atoms with Crippen molar-refractivity contribution in [2.45, 2.75) is 20.8 Å². The average molecular weight is 286 g/mol. The zero-order chi connectivity index (χ0) is 15.3. The van der Waals surface area contributed by atoms with Crippen LogP contribution in [0.25, 0.3) is 22.2 Å². The second-order valence-corrected chi connectivity index (χ2v) is 5.15. The van der Waals surface area contributed by atoms with E-state index in [2.05, 4.69) is 15.2 Å². The van der Waals surface area contributed by atoms with Crippen LogP contribution in [0, 0.1) is 26.6 Å². The fourth-order valence-electron chi connectivity index (χ4n) is 2.67. The Labute approximate surface area is 120 Å². The number of halogens is 1. The quantitative estimate of drug-likeness (QED) is 0.641. The summed E-state index contributed by atoms with van der Waals surface area (Å²) in [6, 6.07) is 2.73. The van der Waals surface area contributed by atoms with Gasteiger partial charge in [0.05, 0.1) is 5.39 Å². The number of nitrogen functional groups attached to an aromatic ring is 1. The number of nitrogens with zero attached hydrogens (tertiary/aromatic N) is 2. The Hall–Kier alpha value is -2.63. The summed E-state index contributed by atoms with van der Waals surface area (Å²) in [5, 5.41) is 17.0. The molecule has 0 unspecified atom stereocenters. The summed E-state index contributed by atoms with van der Waals surface area (Å²) in [6.07, 6.45) is 0. The van der Waals surface area contributed by atoms with Crippen LogP contribution in [-0.4, -0.2) is 20.3 Å².